The maximum Gasteiger partial charge on any atom is 0.239 e. The van der Waals surface area contributed by atoms with Crippen LogP contribution in [-0.2, 0) is 4.79 Å². The van der Waals surface area contributed by atoms with Gasteiger partial charge in [0, 0.05) is 19.0 Å². The van der Waals surface area contributed by atoms with Gasteiger partial charge in [0.15, 0.2) is 0 Å². The van der Waals surface area contributed by atoms with Crippen molar-refractivity contribution in [2.24, 2.45) is 11.7 Å². The number of nitrogens with two attached hydrogens (primary N) is 1. The second-order valence-corrected chi connectivity index (χ2v) is 5.59. The van der Waals surface area contributed by atoms with Gasteiger partial charge in [-0.15, -0.1) is 0 Å². The molecule has 2 rings (SSSR count). The van der Waals surface area contributed by atoms with Crippen LogP contribution in [0.4, 0.5) is 0 Å². The molecule has 1 saturated heterocycles. The zero-order valence-electron chi connectivity index (χ0n) is 11.9. The van der Waals surface area contributed by atoms with Crippen LogP contribution >= 0.6 is 0 Å². The number of hydrogen-bond donors (Lipinski definition) is 1. The van der Waals surface area contributed by atoms with Crippen molar-refractivity contribution in [3.05, 3.63) is 35.9 Å². The molecule has 0 aromatic heterocycles. The topological polar surface area (TPSA) is 46.3 Å². The summed E-state index contributed by atoms with van der Waals surface area (Å²) in [6.45, 7) is 5.78. The molecule has 1 fully saturated rings. The van der Waals surface area contributed by atoms with Crippen molar-refractivity contribution in [1.29, 1.82) is 0 Å². The molecule has 0 saturated carbocycles. The molecule has 104 valence electrons. The lowest BCUT2D eigenvalue weighted by Gasteiger charge is -2.24. The van der Waals surface area contributed by atoms with E-state index in [1.54, 1.807) is 0 Å². The number of hydrogen-bond acceptors (Lipinski definition) is 2. The first-order valence-electron chi connectivity index (χ1n) is 7.22. The highest BCUT2D eigenvalue weighted by molar-refractivity contribution is 5.82. The molecular formula is C16H24N2O. The zero-order chi connectivity index (χ0) is 13.8. The maximum absolute atomic E-state index is 12.3. The smallest absolute Gasteiger partial charge is 0.239 e. The minimum Gasteiger partial charge on any atom is -0.341 e. The van der Waals surface area contributed by atoms with E-state index in [2.05, 4.69) is 31.2 Å². The van der Waals surface area contributed by atoms with Gasteiger partial charge < -0.3 is 10.6 Å². The van der Waals surface area contributed by atoms with Crippen molar-refractivity contribution in [3.8, 4) is 0 Å². The third-order valence-corrected chi connectivity index (χ3v) is 4.31. The van der Waals surface area contributed by atoms with Gasteiger partial charge in [0.2, 0.25) is 5.91 Å². The summed E-state index contributed by atoms with van der Waals surface area (Å²) in [4.78, 5) is 14.3. The Morgan fingerprint density at radius 3 is 2.74 bits per heavy atom. The molecule has 0 bridgehead atoms. The van der Waals surface area contributed by atoms with Crippen LogP contribution in [0.3, 0.4) is 0 Å². The van der Waals surface area contributed by atoms with Crippen molar-refractivity contribution >= 4 is 5.91 Å². The summed E-state index contributed by atoms with van der Waals surface area (Å²) < 4.78 is 0. The third kappa shape index (κ3) is 3.16. The van der Waals surface area contributed by atoms with Crippen molar-refractivity contribution in [3.63, 3.8) is 0 Å². The summed E-state index contributed by atoms with van der Waals surface area (Å²) in [5.74, 6) is 0.838. The highest BCUT2D eigenvalue weighted by Gasteiger charge is 2.31. The number of carbonyl (C=O) groups is 1. The Hall–Kier alpha value is -1.35. The maximum atomic E-state index is 12.3. The molecule has 3 nitrogen and oxygen atoms in total. The SMILES string of the molecule is CCC(C)C(N)C(=O)N1CCC(c2ccccc2)C1. The summed E-state index contributed by atoms with van der Waals surface area (Å²) in [5, 5.41) is 0. The van der Waals surface area contributed by atoms with Crippen LogP contribution in [0.1, 0.15) is 38.2 Å². The fourth-order valence-electron chi connectivity index (χ4n) is 2.67. The molecule has 19 heavy (non-hydrogen) atoms. The van der Waals surface area contributed by atoms with Crippen LogP contribution in [0.15, 0.2) is 30.3 Å². The Morgan fingerprint density at radius 1 is 1.42 bits per heavy atom. The predicted molar refractivity (Wildman–Crippen MR) is 77.8 cm³/mol. The average molecular weight is 260 g/mol. The van der Waals surface area contributed by atoms with Crippen LogP contribution < -0.4 is 5.73 Å². The molecule has 1 aliphatic rings. The number of rotatable bonds is 4. The summed E-state index contributed by atoms with van der Waals surface area (Å²) in [6, 6.07) is 10.1. The Morgan fingerprint density at radius 2 is 2.11 bits per heavy atom. The lowest BCUT2D eigenvalue weighted by Crippen LogP contribution is -2.46. The van der Waals surface area contributed by atoms with E-state index < -0.39 is 0 Å². The first-order valence-corrected chi connectivity index (χ1v) is 7.22. The van der Waals surface area contributed by atoms with Gasteiger partial charge in [-0.2, -0.15) is 0 Å². The number of likely N-dealkylation sites (tertiary alicyclic amines) is 1. The van der Waals surface area contributed by atoms with Crippen LogP contribution in [0, 0.1) is 5.92 Å². The summed E-state index contributed by atoms with van der Waals surface area (Å²) in [5.41, 5.74) is 7.37. The molecule has 3 atom stereocenters. The van der Waals surface area contributed by atoms with E-state index in [-0.39, 0.29) is 17.9 Å². The van der Waals surface area contributed by atoms with Crippen LogP contribution in [-0.4, -0.2) is 29.9 Å². The normalized spacial score (nSPS) is 22.3. The van der Waals surface area contributed by atoms with E-state index in [1.165, 1.54) is 5.56 Å². The Labute approximate surface area is 115 Å². The molecule has 2 N–H and O–H groups in total. The molecule has 1 aromatic carbocycles. The largest absolute Gasteiger partial charge is 0.341 e. The quantitative estimate of drug-likeness (QED) is 0.903. The van der Waals surface area contributed by atoms with Gasteiger partial charge in [0.1, 0.15) is 0 Å². The van der Waals surface area contributed by atoms with Crippen LogP contribution in [0.25, 0.3) is 0 Å². The standard InChI is InChI=1S/C16H24N2O/c1-3-12(2)15(17)16(19)18-10-9-14(11-18)13-7-5-4-6-8-13/h4-8,12,14-15H,3,9-11,17H2,1-2H3. The molecule has 1 aliphatic heterocycles. The molecule has 0 spiro atoms. The monoisotopic (exact) mass is 260 g/mol. The Kier molecular flexibility index (Phi) is 4.59. The number of nitrogens with zero attached hydrogens (tertiary/aromatic N) is 1. The first kappa shape index (κ1) is 14.1. The van der Waals surface area contributed by atoms with Crippen molar-refractivity contribution in [2.75, 3.05) is 13.1 Å². The molecular weight excluding hydrogens is 236 g/mol. The molecule has 1 amide bonds. The number of benzene rings is 1. The molecule has 1 aromatic rings. The van der Waals surface area contributed by atoms with E-state index in [0.717, 1.165) is 25.9 Å². The van der Waals surface area contributed by atoms with Gasteiger partial charge in [0.05, 0.1) is 6.04 Å². The summed E-state index contributed by atoms with van der Waals surface area (Å²) >= 11 is 0. The molecule has 3 heteroatoms. The number of carbonyl (C=O) groups excluding carboxylic acids is 1. The lowest BCUT2D eigenvalue weighted by molar-refractivity contribution is -0.132. The number of amides is 1. The molecule has 1 heterocycles. The average Bonchev–Trinajstić information content (AvgIpc) is 2.95. The van der Waals surface area contributed by atoms with E-state index in [1.807, 2.05) is 17.9 Å². The fraction of sp³-hybridized carbons (Fsp3) is 0.562. The van der Waals surface area contributed by atoms with E-state index in [0.29, 0.717) is 5.92 Å². The van der Waals surface area contributed by atoms with Crippen molar-refractivity contribution in [1.82, 2.24) is 4.90 Å². The van der Waals surface area contributed by atoms with E-state index >= 15 is 0 Å². The van der Waals surface area contributed by atoms with Gasteiger partial charge in [-0.25, -0.2) is 0 Å². The van der Waals surface area contributed by atoms with Gasteiger partial charge in [0.25, 0.3) is 0 Å². The zero-order valence-corrected chi connectivity index (χ0v) is 11.9. The Balaban J connectivity index is 1.97. The van der Waals surface area contributed by atoms with Crippen molar-refractivity contribution in [2.45, 2.75) is 38.6 Å². The van der Waals surface area contributed by atoms with Gasteiger partial charge in [-0.05, 0) is 17.9 Å². The summed E-state index contributed by atoms with van der Waals surface area (Å²) in [7, 11) is 0. The predicted octanol–water partition coefficient (Wildman–Crippen LogP) is 2.38. The van der Waals surface area contributed by atoms with Gasteiger partial charge in [-0.1, -0.05) is 50.6 Å². The second kappa shape index (κ2) is 6.20. The van der Waals surface area contributed by atoms with E-state index in [4.69, 9.17) is 5.73 Å². The van der Waals surface area contributed by atoms with Crippen molar-refractivity contribution < 1.29 is 4.79 Å². The van der Waals surface area contributed by atoms with E-state index in [9.17, 15) is 4.79 Å². The lowest BCUT2D eigenvalue weighted by atomic mass is 9.98. The highest BCUT2D eigenvalue weighted by atomic mass is 16.2. The Bertz CT molecular complexity index is 418. The van der Waals surface area contributed by atoms with Crippen LogP contribution in [0.2, 0.25) is 0 Å². The molecule has 0 radical (unpaired) electrons. The summed E-state index contributed by atoms with van der Waals surface area (Å²) in [6.07, 6.45) is 1.99. The van der Waals surface area contributed by atoms with Gasteiger partial charge in [-0.3, -0.25) is 4.79 Å². The third-order valence-electron chi connectivity index (χ3n) is 4.31. The van der Waals surface area contributed by atoms with Gasteiger partial charge >= 0.3 is 0 Å². The minimum atomic E-state index is -0.348. The fourth-order valence-corrected chi connectivity index (χ4v) is 2.67. The first-order chi connectivity index (χ1) is 9.13. The molecule has 3 unspecified atom stereocenters. The molecule has 0 aliphatic carbocycles. The second-order valence-electron chi connectivity index (χ2n) is 5.59. The minimum absolute atomic E-state index is 0.118. The van der Waals surface area contributed by atoms with Crippen LogP contribution in [0.5, 0.6) is 0 Å². The highest BCUT2D eigenvalue weighted by Crippen LogP contribution is 2.27.